The summed E-state index contributed by atoms with van der Waals surface area (Å²) in [6, 6.07) is 7.55. The highest BCUT2D eigenvalue weighted by molar-refractivity contribution is 7.17. The van der Waals surface area contributed by atoms with Gasteiger partial charge >= 0.3 is 0 Å². The Kier molecular flexibility index (Phi) is 4.89. The number of hydrogen-bond donors (Lipinski definition) is 1. The number of benzene rings is 1. The van der Waals surface area contributed by atoms with Crippen molar-refractivity contribution in [1.82, 2.24) is 19.7 Å². The highest BCUT2D eigenvalue weighted by atomic mass is 32.1. The number of nitrogens with one attached hydrogen (secondary N) is 1. The van der Waals surface area contributed by atoms with Crippen molar-refractivity contribution in [1.29, 1.82) is 0 Å². The predicted molar refractivity (Wildman–Crippen MR) is 111 cm³/mol. The van der Waals surface area contributed by atoms with Crippen LogP contribution in [0.5, 0.6) is 0 Å². The summed E-state index contributed by atoms with van der Waals surface area (Å²) in [4.78, 5) is 22.4. The Hall–Kier alpha value is -3.30. The Morgan fingerprint density at radius 2 is 2.17 bits per heavy atom. The van der Waals surface area contributed by atoms with Crippen LogP contribution in [-0.2, 0) is 24.3 Å². The number of ether oxygens (including phenoxy) is 1. The topological polar surface area (TPSA) is 95.1 Å². The van der Waals surface area contributed by atoms with Crippen LogP contribution in [0.2, 0.25) is 0 Å². The number of nitrogens with zero attached hydrogens (tertiary/aromatic N) is 4. The summed E-state index contributed by atoms with van der Waals surface area (Å²) in [6.45, 7) is 3.65. The van der Waals surface area contributed by atoms with E-state index in [1.54, 1.807) is 19.4 Å². The normalized spacial score (nSPS) is 13.2. The zero-order chi connectivity index (χ0) is 20.5. The van der Waals surface area contributed by atoms with E-state index in [2.05, 4.69) is 20.4 Å². The van der Waals surface area contributed by atoms with Crippen molar-refractivity contribution in [3.05, 3.63) is 70.4 Å². The minimum Gasteiger partial charge on any atom is -0.376 e. The summed E-state index contributed by atoms with van der Waals surface area (Å²) in [7, 11) is 0. The molecule has 9 heteroatoms. The fourth-order valence-corrected chi connectivity index (χ4v) is 4.65. The standard InChI is InChI=1S/C21H19N5O3S/c1-13-23-20(29-25-13)18-16-6-9-28-11-17(16)30-21(18)24-19(27)15-4-2-14(3-5-15)10-26-8-7-22-12-26/h2-5,7-8,12H,6,9-11H2,1H3,(H,24,27). The van der Waals surface area contributed by atoms with Gasteiger partial charge in [-0.3, -0.25) is 4.79 Å². The second kappa shape index (κ2) is 7.85. The maximum absolute atomic E-state index is 12.9. The third-order valence-corrected chi connectivity index (χ3v) is 6.05. The number of hydrogen-bond acceptors (Lipinski definition) is 7. The Bertz CT molecular complexity index is 1180. The lowest BCUT2D eigenvalue weighted by Gasteiger charge is -2.12. The van der Waals surface area contributed by atoms with E-state index in [-0.39, 0.29) is 5.91 Å². The summed E-state index contributed by atoms with van der Waals surface area (Å²) in [6.07, 6.45) is 6.17. The monoisotopic (exact) mass is 421 g/mol. The van der Waals surface area contributed by atoms with E-state index in [9.17, 15) is 4.79 Å². The fourth-order valence-electron chi connectivity index (χ4n) is 3.47. The number of aryl methyl sites for hydroxylation is 1. The first-order valence-electron chi connectivity index (χ1n) is 9.56. The number of aromatic nitrogens is 4. The Morgan fingerprint density at radius 3 is 2.90 bits per heavy atom. The van der Waals surface area contributed by atoms with E-state index >= 15 is 0 Å². The highest BCUT2D eigenvalue weighted by Crippen LogP contribution is 2.42. The fraction of sp³-hybridized carbons (Fsp3) is 0.238. The van der Waals surface area contributed by atoms with Gasteiger partial charge in [0.15, 0.2) is 5.82 Å². The molecular weight excluding hydrogens is 402 g/mol. The summed E-state index contributed by atoms with van der Waals surface area (Å²) < 4.78 is 13.0. The van der Waals surface area contributed by atoms with Gasteiger partial charge in [0.25, 0.3) is 11.8 Å². The number of carbonyl (C=O) groups excluding carboxylic acids is 1. The van der Waals surface area contributed by atoms with Crippen LogP contribution in [0.1, 0.15) is 32.2 Å². The molecule has 4 heterocycles. The molecule has 1 amide bonds. The molecule has 0 bridgehead atoms. The molecule has 1 aliphatic rings. The van der Waals surface area contributed by atoms with Gasteiger partial charge in [0.1, 0.15) is 5.00 Å². The number of fused-ring (bicyclic) bond motifs is 1. The van der Waals surface area contributed by atoms with Gasteiger partial charge in [-0.25, -0.2) is 4.98 Å². The maximum Gasteiger partial charge on any atom is 0.261 e. The van der Waals surface area contributed by atoms with Gasteiger partial charge in [0.05, 0.1) is 25.1 Å². The molecule has 0 aliphatic carbocycles. The van der Waals surface area contributed by atoms with Crippen molar-refractivity contribution in [2.75, 3.05) is 11.9 Å². The Labute approximate surface area is 176 Å². The number of imidazole rings is 1. The molecule has 0 spiro atoms. The van der Waals surface area contributed by atoms with E-state index in [1.807, 2.05) is 35.0 Å². The number of rotatable bonds is 5. The number of thiophene rings is 1. The quantitative estimate of drug-likeness (QED) is 0.528. The molecule has 152 valence electrons. The SMILES string of the molecule is Cc1noc(-c2c(NC(=O)c3ccc(Cn4ccnc4)cc3)sc3c2CCOC3)n1. The van der Waals surface area contributed by atoms with Crippen molar-refractivity contribution in [2.24, 2.45) is 0 Å². The Balaban J connectivity index is 1.40. The summed E-state index contributed by atoms with van der Waals surface area (Å²) in [5.41, 5.74) is 3.60. The molecule has 0 saturated heterocycles. The van der Waals surface area contributed by atoms with Crippen molar-refractivity contribution in [3.63, 3.8) is 0 Å². The summed E-state index contributed by atoms with van der Waals surface area (Å²) in [5.74, 6) is 0.807. The molecule has 30 heavy (non-hydrogen) atoms. The molecule has 8 nitrogen and oxygen atoms in total. The van der Waals surface area contributed by atoms with Crippen LogP contribution in [0.4, 0.5) is 5.00 Å². The van der Waals surface area contributed by atoms with Crippen LogP contribution in [0.15, 0.2) is 47.5 Å². The van der Waals surface area contributed by atoms with Gasteiger partial charge in [0.2, 0.25) is 0 Å². The van der Waals surface area contributed by atoms with E-state index in [4.69, 9.17) is 9.26 Å². The van der Waals surface area contributed by atoms with Gasteiger partial charge in [-0.15, -0.1) is 11.3 Å². The van der Waals surface area contributed by atoms with E-state index in [0.29, 0.717) is 42.0 Å². The lowest BCUT2D eigenvalue weighted by molar-refractivity contribution is 0.102. The number of anilines is 1. The van der Waals surface area contributed by atoms with Gasteiger partial charge < -0.3 is 19.1 Å². The van der Waals surface area contributed by atoms with Crippen molar-refractivity contribution in [3.8, 4) is 11.5 Å². The Morgan fingerprint density at radius 1 is 1.30 bits per heavy atom. The molecule has 0 unspecified atom stereocenters. The van der Waals surface area contributed by atoms with Gasteiger partial charge in [0, 0.05) is 29.4 Å². The minimum atomic E-state index is -0.179. The van der Waals surface area contributed by atoms with Crippen LogP contribution in [0, 0.1) is 6.92 Å². The lowest BCUT2D eigenvalue weighted by Crippen LogP contribution is -2.12. The first-order chi connectivity index (χ1) is 14.7. The third kappa shape index (κ3) is 3.64. The van der Waals surface area contributed by atoms with Crippen LogP contribution >= 0.6 is 11.3 Å². The zero-order valence-electron chi connectivity index (χ0n) is 16.3. The van der Waals surface area contributed by atoms with Gasteiger partial charge in [-0.2, -0.15) is 4.98 Å². The molecule has 5 rings (SSSR count). The summed E-state index contributed by atoms with van der Waals surface area (Å²) in [5, 5.41) is 7.66. The van der Waals surface area contributed by atoms with E-state index < -0.39 is 0 Å². The molecule has 1 aliphatic heterocycles. The molecule has 0 saturated carbocycles. The molecular formula is C21H19N5O3S. The second-order valence-electron chi connectivity index (χ2n) is 7.04. The molecule has 1 N–H and O–H groups in total. The second-order valence-corrected chi connectivity index (χ2v) is 8.15. The average Bonchev–Trinajstić information content (AvgIpc) is 3.48. The highest BCUT2D eigenvalue weighted by Gasteiger charge is 2.27. The summed E-state index contributed by atoms with van der Waals surface area (Å²) >= 11 is 1.50. The van der Waals surface area contributed by atoms with E-state index in [0.717, 1.165) is 28.0 Å². The van der Waals surface area contributed by atoms with Crippen molar-refractivity contribution < 1.29 is 14.1 Å². The number of carbonyl (C=O) groups is 1. The van der Waals surface area contributed by atoms with Crippen molar-refractivity contribution >= 4 is 22.2 Å². The molecule has 0 atom stereocenters. The molecule has 4 aromatic rings. The van der Waals surface area contributed by atoms with Gasteiger partial charge in [-0.1, -0.05) is 17.3 Å². The smallest absolute Gasteiger partial charge is 0.261 e. The predicted octanol–water partition coefficient (Wildman–Crippen LogP) is 3.68. The minimum absolute atomic E-state index is 0.179. The van der Waals surface area contributed by atoms with E-state index in [1.165, 1.54) is 11.3 Å². The third-order valence-electron chi connectivity index (χ3n) is 4.93. The first kappa shape index (κ1) is 18.7. The van der Waals surface area contributed by atoms with Crippen molar-refractivity contribution in [2.45, 2.75) is 26.5 Å². The largest absolute Gasteiger partial charge is 0.376 e. The molecule has 3 aromatic heterocycles. The average molecular weight is 421 g/mol. The van der Waals surface area contributed by atoms with Crippen LogP contribution in [0.3, 0.4) is 0 Å². The zero-order valence-corrected chi connectivity index (χ0v) is 17.1. The first-order valence-corrected chi connectivity index (χ1v) is 10.4. The molecule has 0 fully saturated rings. The van der Waals surface area contributed by atoms with Crippen LogP contribution in [0.25, 0.3) is 11.5 Å². The molecule has 0 radical (unpaired) electrons. The number of amides is 1. The lowest BCUT2D eigenvalue weighted by atomic mass is 10.1. The van der Waals surface area contributed by atoms with Crippen LogP contribution in [-0.4, -0.2) is 32.2 Å². The van der Waals surface area contributed by atoms with Gasteiger partial charge in [-0.05, 0) is 36.6 Å². The molecule has 1 aromatic carbocycles. The maximum atomic E-state index is 12.9. The van der Waals surface area contributed by atoms with Crippen LogP contribution < -0.4 is 5.32 Å².